The predicted molar refractivity (Wildman–Crippen MR) is 169 cm³/mol. The minimum atomic E-state index is -5.08. The van der Waals surface area contributed by atoms with E-state index in [-0.39, 0.29) is 37.7 Å². The second kappa shape index (κ2) is 19.0. The lowest BCUT2D eigenvalue weighted by Gasteiger charge is -2.33. The molecule has 1 saturated heterocycles. The van der Waals surface area contributed by atoms with E-state index < -0.39 is 65.4 Å². The molecule has 0 aliphatic carbocycles. The summed E-state index contributed by atoms with van der Waals surface area (Å²) in [6.45, 7) is 7.11. The van der Waals surface area contributed by atoms with Crippen LogP contribution in [0.15, 0.2) is 35.3 Å². The Labute approximate surface area is 276 Å². The highest BCUT2D eigenvalue weighted by Gasteiger charge is 2.39. The summed E-state index contributed by atoms with van der Waals surface area (Å²) < 4.78 is 31.7. The van der Waals surface area contributed by atoms with E-state index in [1.54, 1.807) is 65.1 Å². The number of nitrogens with one attached hydrogen (secondary N) is 6. The lowest BCUT2D eigenvalue weighted by Crippen LogP contribution is -2.63. The number of hydrogen-bond donors (Lipinski definition) is 8. The van der Waals surface area contributed by atoms with Gasteiger partial charge in [-0.15, -0.1) is 0 Å². The number of guanidine groups is 1. The third-order valence-corrected chi connectivity index (χ3v) is 7.15. The molecule has 1 fully saturated rings. The van der Waals surface area contributed by atoms with Gasteiger partial charge in [0.15, 0.2) is 5.96 Å². The Morgan fingerprint density at radius 3 is 2.15 bits per heavy atom. The molecule has 9 N–H and O–H groups in total. The SMILES string of the molecule is CCC1NC(=O)[C@H](CCCNC(N)=NC)NC(=O)[C@](C)(NC(=O)C(C)C)CCNC(=O)C(c2ccccc2)NC1=O.O=C(O)C(F)(F)F. The fraction of sp³-hybridized carbons (Fsp3) is 0.567. The zero-order valence-corrected chi connectivity index (χ0v) is 27.5. The number of rotatable bonds is 8. The van der Waals surface area contributed by atoms with Crippen molar-refractivity contribution in [2.24, 2.45) is 16.6 Å². The van der Waals surface area contributed by atoms with Gasteiger partial charge < -0.3 is 42.7 Å². The number of benzene rings is 1. The van der Waals surface area contributed by atoms with Crippen molar-refractivity contribution in [3.05, 3.63) is 35.9 Å². The molecule has 5 amide bonds. The van der Waals surface area contributed by atoms with Crippen LogP contribution in [0, 0.1) is 5.92 Å². The van der Waals surface area contributed by atoms with Crippen LogP contribution in [0.3, 0.4) is 0 Å². The Kier molecular flexibility index (Phi) is 16.3. The number of carbonyl (C=O) groups excluding carboxylic acids is 5. The van der Waals surface area contributed by atoms with Crippen LogP contribution in [0.5, 0.6) is 0 Å². The van der Waals surface area contributed by atoms with Crippen LogP contribution in [-0.4, -0.2) is 90.5 Å². The Hall–Kier alpha value is -4.90. The number of nitrogens with two attached hydrogens (primary N) is 1. The molecule has 0 radical (unpaired) electrons. The van der Waals surface area contributed by atoms with Gasteiger partial charge in [-0.25, -0.2) is 4.79 Å². The fourth-order valence-corrected chi connectivity index (χ4v) is 4.19. The summed E-state index contributed by atoms with van der Waals surface area (Å²) in [5.41, 5.74) is 4.80. The summed E-state index contributed by atoms with van der Waals surface area (Å²) in [4.78, 5) is 79.0. The van der Waals surface area contributed by atoms with Crippen molar-refractivity contribution in [2.75, 3.05) is 20.1 Å². The average Bonchev–Trinajstić information content (AvgIpc) is 3.02. The van der Waals surface area contributed by atoms with Gasteiger partial charge in [-0.3, -0.25) is 29.0 Å². The number of nitrogens with zero attached hydrogens (tertiary/aromatic N) is 1. The second-order valence-corrected chi connectivity index (χ2v) is 11.3. The number of amides is 5. The van der Waals surface area contributed by atoms with E-state index in [0.717, 1.165) is 0 Å². The first-order chi connectivity index (χ1) is 22.4. The molecule has 0 spiro atoms. The lowest BCUT2D eigenvalue weighted by molar-refractivity contribution is -0.192. The molecule has 0 bridgehead atoms. The molecule has 268 valence electrons. The fourth-order valence-electron chi connectivity index (χ4n) is 4.19. The van der Waals surface area contributed by atoms with E-state index in [2.05, 4.69) is 36.9 Å². The summed E-state index contributed by atoms with van der Waals surface area (Å²) in [7, 11) is 1.54. The van der Waals surface area contributed by atoms with Crippen molar-refractivity contribution in [3.63, 3.8) is 0 Å². The molecule has 2 unspecified atom stereocenters. The van der Waals surface area contributed by atoms with E-state index in [4.69, 9.17) is 15.6 Å². The van der Waals surface area contributed by atoms with Gasteiger partial charge in [0.1, 0.15) is 23.7 Å². The Balaban J connectivity index is 0.00000148. The van der Waals surface area contributed by atoms with Gasteiger partial charge in [0.2, 0.25) is 29.5 Å². The van der Waals surface area contributed by atoms with Gasteiger partial charge in [0.05, 0.1) is 0 Å². The number of carboxylic acid groups (broad SMARTS) is 1. The zero-order valence-electron chi connectivity index (χ0n) is 27.5. The summed E-state index contributed by atoms with van der Waals surface area (Å²) >= 11 is 0. The van der Waals surface area contributed by atoms with Gasteiger partial charge in [0, 0.05) is 26.1 Å². The number of carboxylic acids is 1. The van der Waals surface area contributed by atoms with Crippen LogP contribution in [0.2, 0.25) is 0 Å². The molecular weight excluding hydrogens is 641 g/mol. The maximum absolute atomic E-state index is 13.6. The van der Waals surface area contributed by atoms with Crippen molar-refractivity contribution in [1.29, 1.82) is 0 Å². The van der Waals surface area contributed by atoms with Crippen molar-refractivity contribution in [1.82, 2.24) is 31.9 Å². The number of halogens is 3. The van der Waals surface area contributed by atoms with Gasteiger partial charge in [-0.2, -0.15) is 13.2 Å². The third-order valence-electron chi connectivity index (χ3n) is 7.15. The standard InChI is InChI=1S/C28H44N8O5.C2HF3O2/c1-6-19-23(38)35-21(18-11-8-7-9-12-18)25(40)31-16-14-28(4,36-22(37)17(2)3)26(41)34-20(24(39)33-19)13-10-15-32-27(29)30-5;3-2(4,5)1(6)7/h7-9,11-12,17,19-21H,6,10,13-16H2,1-5H3,(H,31,40)(H,33,39)(H,34,41)(H,35,38)(H,36,37)(H3,29,30,32);(H,6,7)/t19?,20-,21?,28+;/m0./s1. The molecule has 1 aromatic carbocycles. The normalized spacial score (nSPS) is 22.9. The largest absolute Gasteiger partial charge is 0.490 e. The van der Waals surface area contributed by atoms with Crippen molar-refractivity contribution < 1.29 is 47.0 Å². The predicted octanol–water partition coefficient (Wildman–Crippen LogP) is 0.222. The summed E-state index contributed by atoms with van der Waals surface area (Å²) in [6, 6.07) is 5.72. The number of hydrogen-bond acceptors (Lipinski definition) is 7. The Morgan fingerprint density at radius 1 is 1.04 bits per heavy atom. The third kappa shape index (κ3) is 13.4. The molecule has 2 rings (SSSR count). The van der Waals surface area contributed by atoms with Gasteiger partial charge in [0.25, 0.3) is 0 Å². The summed E-state index contributed by atoms with van der Waals surface area (Å²) in [5, 5.41) is 23.9. The molecular formula is C30H45F3N8O7. The second-order valence-electron chi connectivity index (χ2n) is 11.3. The van der Waals surface area contributed by atoms with Crippen LogP contribution >= 0.6 is 0 Å². The Morgan fingerprint density at radius 2 is 1.62 bits per heavy atom. The van der Waals surface area contributed by atoms with Gasteiger partial charge in [-0.05, 0) is 38.2 Å². The van der Waals surface area contributed by atoms with E-state index in [0.29, 0.717) is 18.5 Å². The number of alkyl halides is 3. The maximum atomic E-state index is 13.6. The minimum Gasteiger partial charge on any atom is -0.475 e. The first kappa shape index (κ1) is 41.1. The van der Waals surface area contributed by atoms with E-state index in [9.17, 15) is 37.1 Å². The van der Waals surface area contributed by atoms with Gasteiger partial charge >= 0.3 is 12.1 Å². The zero-order chi connectivity index (χ0) is 36.7. The van der Waals surface area contributed by atoms with Crippen LogP contribution in [0.1, 0.15) is 65.0 Å². The number of aliphatic carboxylic acids is 1. The molecule has 4 atom stereocenters. The van der Waals surface area contributed by atoms with Crippen LogP contribution in [-0.2, 0) is 28.8 Å². The number of aliphatic imine (C=N–C) groups is 1. The first-order valence-electron chi connectivity index (χ1n) is 15.2. The molecule has 0 aromatic heterocycles. The molecule has 15 nitrogen and oxygen atoms in total. The first-order valence-corrected chi connectivity index (χ1v) is 15.2. The molecule has 1 aromatic rings. The highest BCUT2D eigenvalue weighted by molar-refractivity contribution is 5.97. The number of carbonyl (C=O) groups is 6. The highest BCUT2D eigenvalue weighted by atomic mass is 19.4. The topological polar surface area (TPSA) is 233 Å². The monoisotopic (exact) mass is 686 g/mol. The molecule has 0 saturated carbocycles. The molecule has 48 heavy (non-hydrogen) atoms. The molecule has 1 aliphatic rings. The summed E-state index contributed by atoms with van der Waals surface area (Å²) in [5.74, 6) is -5.43. The minimum absolute atomic E-state index is 0.0218. The smallest absolute Gasteiger partial charge is 0.475 e. The highest BCUT2D eigenvalue weighted by Crippen LogP contribution is 2.17. The van der Waals surface area contributed by atoms with E-state index in [1.165, 1.54) is 0 Å². The average molecular weight is 687 g/mol. The Bertz CT molecular complexity index is 1310. The van der Waals surface area contributed by atoms with E-state index >= 15 is 0 Å². The van der Waals surface area contributed by atoms with Crippen LogP contribution < -0.4 is 37.6 Å². The lowest BCUT2D eigenvalue weighted by atomic mass is 9.94. The quantitative estimate of drug-likeness (QED) is 0.106. The van der Waals surface area contributed by atoms with Crippen molar-refractivity contribution in [2.45, 2.75) is 83.2 Å². The van der Waals surface area contributed by atoms with Crippen molar-refractivity contribution in [3.8, 4) is 0 Å². The van der Waals surface area contributed by atoms with Crippen molar-refractivity contribution >= 4 is 41.5 Å². The maximum Gasteiger partial charge on any atom is 0.490 e. The van der Waals surface area contributed by atoms with E-state index in [1.807, 2.05) is 0 Å². The van der Waals surface area contributed by atoms with Crippen LogP contribution in [0.25, 0.3) is 0 Å². The summed E-state index contributed by atoms with van der Waals surface area (Å²) in [6.07, 6.45) is -4.14. The van der Waals surface area contributed by atoms with Gasteiger partial charge in [-0.1, -0.05) is 51.1 Å². The van der Waals surface area contributed by atoms with Crippen LogP contribution in [0.4, 0.5) is 13.2 Å². The molecule has 1 aliphatic heterocycles. The molecule has 18 heteroatoms. The molecule has 1 heterocycles.